The van der Waals surface area contributed by atoms with Crippen molar-refractivity contribution in [1.82, 2.24) is 10.6 Å². The second-order valence-corrected chi connectivity index (χ2v) is 6.67. The Labute approximate surface area is 137 Å². The van der Waals surface area contributed by atoms with Crippen molar-refractivity contribution < 1.29 is 19.4 Å². The van der Waals surface area contributed by atoms with Crippen LogP contribution in [0.3, 0.4) is 0 Å². The maximum atomic E-state index is 11.7. The van der Waals surface area contributed by atoms with E-state index in [4.69, 9.17) is 9.47 Å². The van der Waals surface area contributed by atoms with E-state index in [9.17, 15) is 9.90 Å². The van der Waals surface area contributed by atoms with Crippen LogP contribution in [0.1, 0.15) is 39.7 Å². The first-order valence-corrected chi connectivity index (χ1v) is 7.96. The molecule has 0 heterocycles. The number of phenols is 1. The third-order valence-corrected chi connectivity index (χ3v) is 3.43. The number of aromatic hydroxyl groups is 1. The van der Waals surface area contributed by atoms with Gasteiger partial charge in [-0.3, -0.25) is 0 Å². The number of benzene rings is 1. The van der Waals surface area contributed by atoms with Gasteiger partial charge in [-0.1, -0.05) is 12.1 Å². The number of carbonyl (C=O) groups excluding carboxylic acids is 1. The average Bonchev–Trinajstić information content (AvgIpc) is 3.16. The van der Waals surface area contributed by atoms with Crippen molar-refractivity contribution in [1.29, 1.82) is 0 Å². The highest BCUT2D eigenvalue weighted by Gasteiger charge is 2.39. The van der Waals surface area contributed by atoms with Gasteiger partial charge in [0, 0.05) is 24.2 Å². The largest absolute Gasteiger partial charge is 0.504 e. The minimum absolute atomic E-state index is 0.0714. The van der Waals surface area contributed by atoms with E-state index in [0.29, 0.717) is 18.9 Å². The van der Waals surface area contributed by atoms with Crippen LogP contribution in [0.2, 0.25) is 0 Å². The number of nitrogens with one attached hydrogen (secondary N) is 2. The molecule has 2 unspecified atom stereocenters. The van der Waals surface area contributed by atoms with Crippen LogP contribution < -0.4 is 15.4 Å². The molecule has 0 spiro atoms. The molecular formula is C17H26N2O4. The molecule has 0 aliphatic heterocycles. The number of phenolic OH excluding ortho intramolecular Hbond substituents is 1. The second kappa shape index (κ2) is 7.08. The quantitative estimate of drug-likeness (QED) is 0.750. The average molecular weight is 322 g/mol. The summed E-state index contributed by atoms with van der Waals surface area (Å²) in [6.07, 6.45) is 0.457. The van der Waals surface area contributed by atoms with Gasteiger partial charge in [0.25, 0.3) is 0 Å². The molecule has 1 aliphatic rings. The number of carbonyl (C=O) groups is 1. The Hall–Kier alpha value is -1.95. The number of hydrogen-bond acceptors (Lipinski definition) is 5. The summed E-state index contributed by atoms with van der Waals surface area (Å²) in [4.78, 5) is 11.7. The van der Waals surface area contributed by atoms with Crippen LogP contribution in [0.15, 0.2) is 18.2 Å². The van der Waals surface area contributed by atoms with Gasteiger partial charge in [0.2, 0.25) is 0 Å². The molecule has 1 aromatic rings. The molecule has 0 bridgehead atoms. The molecule has 23 heavy (non-hydrogen) atoms. The predicted molar refractivity (Wildman–Crippen MR) is 87.7 cm³/mol. The standard InChI is InChI=1S/C17H26N2O4/c1-5-22-14-8-6-7-11(15(14)20)10-18-12-9-13(12)19-16(21)23-17(2,3)4/h6-8,12-13,18,20H,5,9-10H2,1-4H3,(H,19,21). The molecule has 0 saturated heterocycles. The van der Waals surface area contributed by atoms with Crippen LogP contribution >= 0.6 is 0 Å². The summed E-state index contributed by atoms with van der Waals surface area (Å²) >= 11 is 0. The molecule has 2 atom stereocenters. The monoisotopic (exact) mass is 322 g/mol. The third-order valence-electron chi connectivity index (χ3n) is 3.43. The summed E-state index contributed by atoms with van der Waals surface area (Å²) < 4.78 is 10.6. The van der Waals surface area contributed by atoms with Crippen molar-refractivity contribution in [2.24, 2.45) is 0 Å². The Bertz CT molecular complexity index is 554. The predicted octanol–water partition coefficient (Wildman–Crippen LogP) is 2.55. The fourth-order valence-electron chi connectivity index (χ4n) is 2.26. The zero-order chi connectivity index (χ0) is 17.0. The Morgan fingerprint density at radius 3 is 2.74 bits per heavy atom. The highest BCUT2D eigenvalue weighted by atomic mass is 16.6. The van der Waals surface area contributed by atoms with E-state index in [1.807, 2.05) is 39.8 Å². The minimum Gasteiger partial charge on any atom is -0.504 e. The molecule has 6 heteroatoms. The lowest BCUT2D eigenvalue weighted by atomic mass is 10.2. The van der Waals surface area contributed by atoms with E-state index < -0.39 is 11.7 Å². The molecule has 128 valence electrons. The molecule has 0 radical (unpaired) electrons. The van der Waals surface area contributed by atoms with Gasteiger partial charge in [0.15, 0.2) is 11.5 Å². The fourth-order valence-corrected chi connectivity index (χ4v) is 2.26. The molecule has 0 aromatic heterocycles. The first-order valence-electron chi connectivity index (χ1n) is 7.96. The molecule has 1 aromatic carbocycles. The van der Waals surface area contributed by atoms with Crippen molar-refractivity contribution in [3.63, 3.8) is 0 Å². The van der Waals surface area contributed by atoms with E-state index in [1.165, 1.54) is 0 Å². The lowest BCUT2D eigenvalue weighted by Crippen LogP contribution is -2.36. The molecule has 1 amide bonds. The summed E-state index contributed by atoms with van der Waals surface area (Å²) in [5.74, 6) is 0.658. The Kier molecular flexibility index (Phi) is 5.36. The smallest absolute Gasteiger partial charge is 0.407 e. The highest BCUT2D eigenvalue weighted by Crippen LogP contribution is 2.30. The molecule has 2 rings (SSSR count). The maximum Gasteiger partial charge on any atom is 0.407 e. The van der Waals surface area contributed by atoms with E-state index in [0.717, 1.165) is 12.0 Å². The number of hydrogen-bond donors (Lipinski definition) is 3. The lowest BCUT2D eigenvalue weighted by Gasteiger charge is -2.19. The Balaban J connectivity index is 1.78. The first-order chi connectivity index (χ1) is 10.8. The van der Waals surface area contributed by atoms with Gasteiger partial charge in [-0.2, -0.15) is 0 Å². The van der Waals surface area contributed by atoms with E-state index in [-0.39, 0.29) is 17.8 Å². The summed E-state index contributed by atoms with van der Waals surface area (Å²) in [5, 5.41) is 16.3. The maximum absolute atomic E-state index is 11.7. The summed E-state index contributed by atoms with van der Waals surface area (Å²) in [5.41, 5.74) is 0.284. The lowest BCUT2D eigenvalue weighted by molar-refractivity contribution is 0.0522. The SMILES string of the molecule is CCOc1cccc(CNC2CC2NC(=O)OC(C)(C)C)c1O. The van der Waals surface area contributed by atoms with Crippen molar-refractivity contribution >= 4 is 6.09 Å². The van der Waals surface area contributed by atoms with Crippen LogP contribution in [0.4, 0.5) is 4.79 Å². The number of rotatable bonds is 6. The van der Waals surface area contributed by atoms with Crippen LogP contribution in [-0.4, -0.2) is 35.5 Å². The fraction of sp³-hybridized carbons (Fsp3) is 0.588. The van der Waals surface area contributed by atoms with Crippen LogP contribution in [-0.2, 0) is 11.3 Å². The summed E-state index contributed by atoms with van der Waals surface area (Å²) in [7, 11) is 0. The summed E-state index contributed by atoms with van der Waals surface area (Å²) in [6.45, 7) is 8.41. The molecule has 1 saturated carbocycles. The molecule has 3 N–H and O–H groups in total. The van der Waals surface area contributed by atoms with Gasteiger partial charge >= 0.3 is 6.09 Å². The normalized spacial score (nSPS) is 20.0. The topological polar surface area (TPSA) is 79.8 Å². The number of para-hydroxylation sites is 1. The van der Waals surface area contributed by atoms with Gasteiger partial charge in [-0.05, 0) is 40.2 Å². The van der Waals surface area contributed by atoms with Gasteiger partial charge in [-0.25, -0.2) is 4.79 Å². The minimum atomic E-state index is -0.493. The Morgan fingerprint density at radius 2 is 2.09 bits per heavy atom. The Morgan fingerprint density at radius 1 is 1.35 bits per heavy atom. The van der Waals surface area contributed by atoms with Crippen molar-refractivity contribution in [3.05, 3.63) is 23.8 Å². The van der Waals surface area contributed by atoms with Gasteiger partial charge in [0.1, 0.15) is 5.60 Å². The van der Waals surface area contributed by atoms with Crippen molar-refractivity contribution in [3.8, 4) is 11.5 Å². The molecule has 6 nitrogen and oxygen atoms in total. The molecular weight excluding hydrogens is 296 g/mol. The van der Waals surface area contributed by atoms with E-state index >= 15 is 0 Å². The zero-order valence-corrected chi connectivity index (χ0v) is 14.2. The van der Waals surface area contributed by atoms with E-state index in [1.54, 1.807) is 6.07 Å². The second-order valence-electron chi connectivity index (χ2n) is 6.67. The van der Waals surface area contributed by atoms with Crippen LogP contribution in [0, 0.1) is 0 Å². The third kappa shape index (κ3) is 5.32. The van der Waals surface area contributed by atoms with Gasteiger partial charge in [-0.15, -0.1) is 0 Å². The number of ether oxygens (including phenoxy) is 2. The highest BCUT2D eigenvalue weighted by molar-refractivity contribution is 5.68. The van der Waals surface area contributed by atoms with Crippen LogP contribution in [0.5, 0.6) is 11.5 Å². The van der Waals surface area contributed by atoms with Crippen molar-refractivity contribution in [2.75, 3.05) is 6.61 Å². The number of alkyl carbamates (subject to hydrolysis) is 1. The van der Waals surface area contributed by atoms with Gasteiger partial charge in [0.05, 0.1) is 6.61 Å². The molecule has 1 aliphatic carbocycles. The number of amides is 1. The van der Waals surface area contributed by atoms with Crippen molar-refractivity contribution in [2.45, 2.75) is 58.3 Å². The van der Waals surface area contributed by atoms with E-state index in [2.05, 4.69) is 10.6 Å². The van der Waals surface area contributed by atoms with Gasteiger partial charge < -0.3 is 25.2 Å². The molecule has 1 fully saturated rings. The first kappa shape index (κ1) is 17.4. The van der Waals surface area contributed by atoms with Crippen LogP contribution in [0.25, 0.3) is 0 Å². The summed E-state index contributed by atoms with van der Waals surface area (Å²) in [6, 6.07) is 5.71. The zero-order valence-electron chi connectivity index (χ0n) is 14.2.